The van der Waals surface area contributed by atoms with E-state index in [0.717, 1.165) is 24.5 Å². The van der Waals surface area contributed by atoms with E-state index < -0.39 is 0 Å². The zero-order chi connectivity index (χ0) is 13.7. The van der Waals surface area contributed by atoms with Crippen LogP contribution in [0.25, 0.3) is 11.4 Å². The van der Waals surface area contributed by atoms with E-state index in [-0.39, 0.29) is 5.56 Å². The third-order valence-electron chi connectivity index (χ3n) is 3.03. The van der Waals surface area contributed by atoms with Crippen LogP contribution in [0.2, 0.25) is 0 Å². The van der Waals surface area contributed by atoms with Gasteiger partial charge in [-0.25, -0.2) is 4.68 Å². The minimum Gasteiger partial charge on any atom is -0.305 e. The Kier molecular flexibility index (Phi) is 4.41. The van der Waals surface area contributed by atoms with Gasteiger partial charge in [-0.15, -0.1) is 0 Å². The van der Waals surface area contributed by atoms with Crippen LogP contribution in [0.15, 0.2) is 41.3 Å². The standard InChI is InChI=1S/C14H18N4O/c1-3-17(2)10-11-18-14(19)8-7-13(16-18)12-6-4-5-9-15-12/h4-9H,3,10-11H2,1-2H3. The molecular weight excluding hydrogens is 240 g/mol. The van der Waals surface area contributed by atoms with Crippen LogP contribution in [0, 0.1) is 0 Å². The summed E-state index contributed by atoms with van der Waals surface area (Å²) >= 11 is 0. The van der Waals surface area contributed by atoms with Gasteiger partial charge in [0.1, 0.15) is 5.69 Å². The van der Waals surface area contributed by atoms with Crippen LogP contribution in [0.3, 0.4) is 0 Å². The number of rotatable bonds is 5. The summed E-state index contributed by atoms with van der Waals surface area (Å²) in [5, 5.41) is 4.36. The molecule has 2 heterocycles. The van der Waals surface area contributed by atoms with E-state index >= 15 is 0 Å². The fraction of sp³-hybridized carbons (Fsp3) is 0.357. The minimum atomic E-state index is -0.0795. The van der Waals surface area contributed by atoms with Crippen molar-refractivity contribution < 1.29 is 0 Å². The van der Waals surface area contributed by atoms with E-state index in [2.05, 4.69) is 21.9 Å². The maximum absolute atomic E-state index is 11.8. The van der Waals surface area contributed by atoms with Crippen molar-refractivity contribution in [2.24, 2.45) is 0 Å². The topological polar surface area (TPSA) is 51.0 Å². The van der Waals surface area contributed by atoms with Gasteiger partial charge in [-0.05, 0) is 31.8 Å². The molecular formula is C14H18N4O. The highest BCUT2D eigenvalue weighted by Gasteiger charge is 2.04. The van der Waals surface area contributed by atoms with Gasteiger partial charge in [0.25, 0.3) is 5.56 Å². The van der Waals surface area contributed by atoms with Gasteiger partial charge < -0.3 is 4.90 Å². The molecule has 2 rings (SSSR count). The highest BCUT2D eigenvalue weighted by molar-refractivity contribution is 5.52. The van der Waals surface area contributed by atoms with Gasteiger partial charge in [-0.2, -0.15) is 5.10 Å². The van der Waals surface area contributed by atoms with Crippen LogP contribution in [0.5, 0.6) is 0 Å². The van der Waals surface area contributed by atoms with Crippen LogP contribution in [0.4, 0.5) is 0 Å². The molecule has 0 N–H and O–H groups in total. The first-order valence-electron chi connectivity index (χ1n) is 6.39. The summed E-state index contributed by atoms with van der Waals surface area (Å²) in [6.07, 6.45) is 1.72. The summed E-state index contributed by atoms with van der Waals surface area (Å²) in [4.78, 5) is 18.1. The summed E-state index contributed by atoms with van der Waals surface area (Å²) in [5.41, 5.74) is 1.42. The molecule has 0 amide bonds. The lowest BCUT2D eigenvalue weighted by Crippen LogP contribution is -2.29. The smallest absolute Gasteiger partial charge is 0.266 e. The molecule has 0 aliphatic rings. The first kappa shape index (κ1) is 13.4. The van der Waals surface area contributed by atoms with E-state index in [9.17, 15) is 4.79 Å². The summed E-state index contributed by atoms with van der Waals surface area (Å²) in [5.74, 6) is 0. The lowest BCUT2D eigenvalue weighted by molar-refractivity contribution is 0.324. The Morgan fingerprint density at radius 3 is 2.74 bits per heavy atom. The molecule has 0 fully saturated rings. The Hall–Kier alpha value is -2.01. The highest BCUT2D eigenvalue weighted by Crippen LogP contribution is 2.10. The molecule has 2 aromatic rings. The first-order chi connectivity index (χ1) is 9.20. The predicted octanol–water partition coefficient (Wildman–Crippen LogP) is 1.26. The maximum Gasteiger partial charge on any atom is 0.266 e. The molecule has 0 spiro atoms. The van der Waals surface area contributed by atoms with E-state index in [4.69, 9.17) is 0 Å². The first-order valence-corrected chi connectivity index (χ1v) is 6.39. The molecule has 0 atom stereocenters. The van der Waals surface area contributed by atoms with Crippen molar-refractivity contribution in [1.82, 2.24) is 19.7 Å². The van der Waals surface area contributed by atoms with Crippen LogP contribution in [-0.4, -0.2) is 39.8 Å². The summed E-state index contributed by atoms with van der Waals surface area (Å²) in [7, 11) is 2.02. The van der Waals surface area contributed by atoms with E-state index in [1.807, 2.05) is 25.2 Å². The monoisotopic (exact) mass is 258 g/mol. The van der Waals surface area contributed by atoms with E-state index in [0.29, 0.717) is 6.54 Å². The zero-order valence-electron chi connectivity index (χ0n) is 11.3. The molecule has 0 radical (unpaired) electrons. The van der Waals surface area contributed by atoms with Crippen molar-refractivity contribution in [3.63, 3.8) is 0 Å². The number of hydrogen-bond donors (Lipinski definition) is 0. The molecule has 0 saturated heterocycles. The second-order valence-electron chi connectivity index (χ2n) is 4.39. The second kappa shape index (κ2) is 6.24. The Balaban J connectivity index is 2.23. The van der Waals surface area contributed by atoms with Crippen LogP contribution in [-0.2, 0) is 6.54 Å². The van der Waals surface area contributed by atoms with Gasteiger partial charge in [-0.1, -0.05) is 13.0 Å². The largest absolute Gasteiger partial charge is 0.305 e. The molecule has 0 bridgehead atoms. The average molecular weight is 258 g/mol. The second-order valence-corrected chi connectivity index (χ2v) is 4.39. The van der Waals surface area contributed by atoms with Gasteiger partial charge in [0, 0.05) is 18.8 Å². The molecule has 0 saturated carbocycles. The highest BCUT2D eigenvalue weighted by atomic mass is 16.1. The van der Waals surface area contributed by atoms with Gasteiger partial charge in [0.15, 0.2) is 0 Å². The predicted molar refractivity (Wildman–Crippen MR) is 74.9 cm³/mol. The van der Waals surface area contributed by atoms with Crippen LogP contribution < -0.4 is 5.56 Å². The van der Waals surface area contributed by atoms with Crippen molar-refractivity contribution in [1.29, 1.82) is 0 Å². The fourth-order valence-corrected chi connectivity index (χ4v) is 1.68. The Morgan fingerprint density at radius 2 is 2.05 bits per heavy atom. The molecule has 5 heteroatoms. The van der Waals surface area contributed by atoms with Crippen LogP contribution in [0.1, 0.15) is 6.92 Å². The third-order valence-corrected chi connectivity index (χ3v) is 3.03. The molecule has 0 unspecified atom stereocenters. The van der Waals surface area contributed by atoms with Crippen molar-refractivity contribution in [3.8, 4) is 11.4 Å². The van der Waals surface area contributed by atoms with Crippen molar-refractivity contribution in [2.75, 3.05) is 20.1 Å². The molecule has 5 nitrogen and oxygen atoms in total. The number of aromatic nitrogens is 3. The quantitative estimate of drug-likeness (QED) is 0.810. The Morgan fingerprint density at radius 1 is 1.21 bits per heavy atom. The third kappa shape index (κ3) is 3.48. The van der Waals surface area contributed by atoms with Crippen molar-refractivity contribution >= 4 is 0 Å². The molecule has 0 aliphatic heterocycles. The SMILES string of the molecule is CCN(C)CCn1nc(-c2ccccn2)ccc1=O. The minimum absolute atomic E-state index is 0.0795. The van der Waals surface area contributed by atoms with Crippen LogP contribution >= 0.6 is 0 Å². The number of hydrogen-bond acceptors (Lipinski definition) is 4. The zero-order valence-corrected chi connectivity index (χ0v) is 11.3. The fourth-order valence-electron chi connectivity index (χ4n) is 1.68. The lowest BCUT2D eigenvalue weighted by atomic mass is 10.2. The Bertz CT molecular complexity index is 579. The number of pyridine rings is 1. The average Bonchev–Trinajstić information content (AvgIpc) is 2.47. The van der Waals surface area contributed by atoms with Crippen molar-refractivity contribution in [2.45, 2.75) is 13.5 Å². The molecule has 2 aromatic heterocycles. The normalized spacial score (nSPS) is 10.9. The number of likely N-dealkylation sites (N-methyl/N-ethyl adjacent to an activating group) is 1. The maximum atomic E-state index is 11.8. The van der Waals surface area contributed by atoms with E-state index in [1.54, 1.807) is 18.3 Å². The molecule has 0 aromatic carbocycles. The molecule has 19 heavy (non-hydrogen) atoms. The van der Waals surface area contributed by atoms with Gasteiger partial charge >= 0.3 is 0 Å². The van der Waals surface area contributed by atoms with Crippen molar-refractivity contribution in [3.05, 3.63) is 46.9 Å². The number of nitrogens with zero attached hydrogens (tertiary/aromatic N) is 4. The summed E-state index contributed by atoms with van der Waals surface area (Å²) in [6, 6.07) is 8.91. The lowest BCUT2D eigenvalue weighted by Gasteiger charge is -2.14. The Labute approximate surface area is 112 Å². The van der Waals surface area contributed by atoms with E-state index in [1.165, 1.54) is 4.68 Å². The van der Waals surface area contributed by atoms with Gasteiger partial charge in [-0.3, -0.25) is 9.78 Å². The molecule has 0 aliphatic carbocycles. The van der Waals surface area contributed by atoms with Gasteiger partial charge in [0.05, 0.1) is 12.2 Å². The molecule has 100 valence electrons. The summed E-state index contributed by atoms with van der Waals surface area (Å²) in [6.45, 7) is 4.42. The van der Waals surface area contributed by atoms with Gasteiger partial charge in [0.2, 0.25) is 0 Å². The summed E-state index contributed by atoms with van der Waals surface area (Å²) < 4.78 is 1.50.